The minimum absolute atomic E-state index is 0.00718. The van der Waals surface area contributed by atoms with Crippen molar-refractivity contribution < 1.29 is 18.4 Å². The van der Waals surface area contributed by atoms with Crippen LogP contribution >= 0.6 is 0 Å². The van der Waals surface area contributed by atoms with Crippen molar-refractivity contribution in [3.8, 4) is 0 Å². The number of amides is 1. The van der Waals surface area contributed by atoms with E-state index in [4.69, 9.17) is 0 Å². The Morgan fingerprint density at radius 1 is 1.29 bits per heavy atom. The SMILES string of the molecule is CNCCN1C(=O)C(=O)c2c(F)cc(F)cc21. The molecule has 1 heterocycles. The molecule has 0 radical (unpaired) electrons. The first-order valence-electron chi connectivity index (χ1n) is 5.06. The topological polar surface area (TPSA) is 49.4 Å². The number of carbonyl (C=O) groups is 2. The fourth-order valence-corrected chi connectivity index (χ4v) is 1.78. The predicted octanol–water partition coefficient (Wildman–Crippen LogP) is 0.713. The van der Waals surface area contributed by atoms with Gasteiger partial charge < -0.3 is 10.2 Å². The van der Waals surface area contributed by atoms with Crippen molar-refractivity contribution >= 4 is 17.4 Å². The maximum atomic E-state index is 13.4. The smallest absolute Gasteiger partial charge is 0.299 e. The van der Waals surface area contributed by atoms with Crippen LogP contribution in [0.3, 0.4) is 0 Å². The minimum atomic E-state index is -0.995. The highest BCUT2D eigenvalue weighted by atomic mass is 19.1. The lowest BCUT2D eigenvalue weighted by atomic mass is 10.1. The Balaban J connectivity index is 2.48. The first kappa shape index (κ1) is 11.7. The van der Waals surface area contributed by atoms with Gasteiger partial charge in [0.05, 0.1) is 11.3 Å². The molecule has 1 N–H and O–H groups in total. The molecule has 6 heteroatoms. The molecule has 1 aliphatic rings. The number of nitrogens with one attached hydrogen (secondary N) is 1. The van der Waals surface area contributed by atoms with Gasteiger partial charge in [-0.05, 0) is 13.1 Å². The van der Waals surface area contributed by atoms with E-state index in [1.165, 1.54) is 0 Å². The lowest BCUT2D eigenvalue weighted by Gasteiger charge is -2.15. The summed E-state index contributed by atoms with van der Waals surface area (Å²) < 4.78 is 26.5. The van der Waals surface area contributed by atoms with Gasteiger partial charge in [-0.3, -0.25) is 9.59 Å². The molecule has 1 aromatic carbocycles. The van der Waals surface area contributed by atoms with Crippen molar-refractivity contribution in [2.75, 3.05) is 25.0 Å². The van der Waals surface area contributed by atoms with Crippen LogP contribution in [0.15, 0.2) is 12.1 Å². The van der Waals surface area contributed by atoms with Gasteiger partial charge in [-0.15, -0.1) is 0 Å². The highest BCUT2D eigenvalue weighted by molar-refractivity contribution is 6.52. The van der Waals surface area contributed by atoms with Crippen LogP contribution in [0.5, 0.6) is 0 Å². The molecule has 0 saturated carbocycles. The van der Waals surface area contributed by atoms with Gasteiger partial charge in [-0.2, -0.15) is 0 Å². The maximum absolute atomic E-state index is 13.4. The number of benzene rings is 1. The third-order valence-electron chi connectivity index (χ3n) is 2.58. The molecule has 0 fully saturated rings. The number of halogens is 2. The third-order valence-corrected chi connectivity index (χ3v) is 2.58. The molecule has 90 valence electrons. The van der Waals surface area contributed by atoms with Gasteiger partial charge in [0.1, 0.15) is 11.6 Å². The lowest BCUT2D eigenvalue weighted by Crippen LogP contribution is -2.35. The van der Waals surface area contributed by atoms with E-state index in [1.54, 1.807) is 7.05 Å². The van der Waals surface area contributed by atoms with Crippen LogP contribution in [-0.4, -0.2) is 31.8 Å². The number of hydrogen-bond acceptors (Lipinski definition) is 3. The Kier molecular flexibility index (Phi) is 2.89. The van der Waals surface area contributed by atoms with E-state index in [2.05, 4.69) is 5.32 Å². The quantitative estimate of drug-likeness (QED) is 0.792. The highest BCUT2D eigenvalue weighted by Crippen LogP contribution is 2.31. The zero-order chi connectivity index (χ0) is 12.6. The standard InChI is InChI=1S/C11H10F2N2O2/c1-14-2-3-15-8-5-6(12)4-7(13)9(8)10(16)11(15)17/h4-5,14H,2-3H2,1H3. The number of nitrogens with zero attached hydrogens (tertiary/aromatic N) is 1. The molecule has 17 heavy (non-hydrogen) atoms. The Labute approximate surface area is 96.2 Å². The first-order valence-corrected chi connectivity index (χ1v) is 5.06. The molecule has 0 atom stereocenters. The third kappa shape index (κ3) is 1.80. The normalized spacial score (nSPS) is 14.4. The van der Waals surface area contributed by atoms with Crippen molar-refractivity contribution in [1.82, 2.24) is 5.32 Å². The van der Waals surface area contributed by atoms with Crippen LogP contribution in [0.1, 0.15) is 10.4 Å². The van der Waals surface area contributed by atoms with Crippen LogP contribution in [0.25, 0.3) is 0 Å². The van der Waals surface area contributed by atoms with Crippen LogP contribution < -0.4 is 10.2 Å². The van der Waals surface area contributed by atoms with Crippen molar-refractivity contribution in [1.29, 1.82) is 0 Å². The lowest BCUT2D eigenvalue weighted by molar-refractivity contribution is -0.114. The molecular weight excluding hydrogens is 230 g/mol. The van der Waals surface area contributed by atoms with Gasteiger partial charge in [0.2, 0.25) is 0 Å². The molecule has 0 unspecified atom stereocenters. The molecule has 1 aliphatic heterocycles. The van der Waals surface area contributed by atoms with E-state index in [9.17, 15) is 18.4 Å². The largest absolute Gasteiger partial charge is 0.318 e. The summed E-state index contributed by atoms with van der Waals surface area (Å²) in [5.74, 6) is -3.54. The summed E-state index contributed by atoms with van der Waals surface area (Å²) in [5.41, 5.74) is -0.333. The maximum Gasteiger partial charge on any atom is 0.299 e. The van der Waals surface area contributed by atoms with E-state index in [1.807, 2.05) is 0 Å². The van der Waals surface area contributed by atoms with Crippen LogP contribution in [0.4, 0.5) is 14.5 Å². The van der Waals surface area contributed by atoms with E-state index in [0.717, 1.165) is 11.0 Å². The zero-order valence-corrected chi connectivity index (χ0v) is 9.09. The van der Waals surface area contributed by atoms with Crippen molar-refractivity contribution in [3.63, 3.8) is 0 Å². The molecule has 1 amide bonds. The van der Waals surface area contributed by atoms with Gasteiger partial charge in [0.15, 0.2) is 0 Å². The Hall–Kier alpha value is -1.82. The summed E-state index contributed by atoms with van der Waals surface area (Å²) in [6.07, 6.45) is 0. The average molecular weight is 240 g/mol. The molecule has 4 nitrogen and oxygen atoms in total. The van der Waals surface area contributed by atoms with E-state index >= 15 is 0 Å². The Morgan fingerprint density at radius 3 is 2.65 bits per heavy atom. The number of hydrogen-bond donors (Lipinski definition) is 1. The predicted molar refractivity (Wildman–Crippen MR) is 57.0 cm³/mol. The average Bonchev–Trinajstić information content (AvgIpc) is 2.49. The number of Topliss-reactive ketones (excluding diaryl/α,β-unsaturated/α-hetero) is 1. The van der Waals surface area contributed by atoms with Crippen LogP contribution in [-0.2, 0) is 4.79 Å². The molecule has 0 aliphatic carbocycles. The van der Waals surface area contributed by atoms with Gasteiger partial charge >= 0.3 is 0 Å². The fourth-order valence-electron chi connectivity index (χ4n) is 1.78. The highest BCUT2D eigenvalue weighted by Gasteiger charge is 2.38. The number of rotatable bonds is 3. The van der Waals surface area contributed by atoms with Crippen molar-refractivity contribution in [3.05, 3.63) is 29.3 Å². The summed E-state index contributed by atoms with van der Waals surface area (Å²) in [5, 5.41) is 2.80. The summed E-state index contributed by atoms with van der Waals surface area (Å²) in [7, 11) is 1.68. The second-order valence-corrected chi connectivity index (χ2v) is 3.67. The molecular formula is C11H10F2N2O2. The molecule has 1 aromatic rings. The van der Waals surface area contributed by atoms with E-state index in [0.29, 0.717) is 12.6 Å². The minimum Gasteiger partial charge on any atom is -0.318 e. The number of ketones is 1. The molecule has 0 bridgehead atoms. The molecule has 0 spiro atoms. The zero-order valence-electron chi connectivity index (χ0n) is 9.09. The summed E-state index contributed by atoms with van der Waals surface area (Å²) >= 11 is 0. The number of carbonyl (C=O) groups excluding carboxylic acids is 2. The van der Waals surface area contributed by atoms with E-state index in [-0.39, 0.29) is 17.8 Å². The summed E-state index contributed by atoms with van der Waals surface area (Å²) in [6.45, 7) is 0.619. The van der Waals surface area contributed by atoms with Gasteiger partial charge in [0.25, 0.3) is 11.7 Å². The Bertz CT molecular complexity index is 502. The van der Waals surface area contributed by atoms with Crippen molar-refractivity contribution in [2.45, 2.75) is 0 Å². The number of likely N-dealkylation sites (N-methyl/N-ethyl adjacent to an activating group) is 1. The summed E-state index contributed by atoms with van der Waals surface area (Å²) in [6, 6.07) is 1.60. The second-order valence-electron chi connectivity index (χ2n) is 3.67. The van der Waals surface area contributed by atoms with Crippen LogP contribution in [0, 0.1) is 11.6 Å². The summed E-state index contributed by atoms with van der Waals surface area (Å²) in [4.78, 5) is 24.2. The van der Waals surface area contributed by atoms with Gasteiger partial charge in [-0.1, -0.05) is 0 Å². The molecule has 0 aromatic heterocycles. The molecule has 0 saturated heterocycles. The van der Waals surface area contributed by atoms with Crippen molar-refractivity contribution in [2.24, 2.45) is 0 Å². The van der Waals surface area contributed by atoms with Crippen LogP contribution in [0.2, 0.25) is 0 Å². The fraction of sp³-hybridized carbons (Fsp3) is 0.273. The van der Waals surface area contributed by atoms with E-state index < -0.39 is 23.3 Å². The Morgan fingerprint density at radius 2 is 2.00 bits per heavy atom. The number of anilines is 1. The van der Waals surface area contributed by atoms with Gasteiger partial charge in [0, 0.05) is 19.2 Å². The van der Waals surface area contributed by atoms with Gasteiger partial charge in [-0.25, -0.2) is 8.78 Å². The second kappa shape index (κ2) is 4.21. The first-order chi connectivity index (χ1) is 8.06. The number of fused-ring (bicyclic) bond motifs is 1. The monoisotopic (exact) mass is 240 g/mol. The molecule has 2 rings (SSSR count).